The number of nitrogens with zero attached hydrogens (tertiary/aromatic N) is 2. The van der Waals surface area contributed by atoms with Crippen LogP contribution >= 0.6 is 0 Å². The van der Waals surface area contributed by atoms with E-state index >= 15 is 0 Å². The molecule has 0 unspecified atom stereocenters. The molecule has 0 amide bonds. The Morgan fingerprint density at radius 3 is 2.05 bits per heavy atom. The molecule has 0 aliphatic rings. The number of hydrogen-bond acceptors (Lipinski definition) is 4. The first-order valence-electron chi connectivity index (χ1n) is 8.17. The minimum Gasteiger partial charge on any atom is -0.368 e. The van der Waals surface area contributed by atoms with Crippen molar-refractivity contribution in [2.75, 3.05) is 18.4 Å². The molecule has 0 atom stereocenters. The van der Waals surface area contributed by atoms with Gasteiger partial charge in [-0.1, -0.05) is 41.5 Å². The highest BCUT2D eigenvalue weighted by Crippen LogP contribution is 2.20. The van der Waals surface area contributed by atoms with Crippen LogP contribution in [-0.4, -0.2) is 23.3 Å². The van der Waals surface area contributed by atoms with Crippen LogP contribution in [0.1, 0.15) is 47.2 Å². The van der Waals surface area contributed by atoms with Crippen molar-refractivity contribution < 1.29 is 0 Å². The Labute approximate surface area is 130 Å². The molecule has 1 aromatic heterocycles. The zero-order valence-corrected chi connectivity index (χ0v) is 14.5. The van der Waals surface area contributed by atoms with Gasteiger partial charge in [0.1, 0.15) is 5.82 Å². The van der Waals surface area contributed by atoms with E-state index in [4.69, 9.17) is 0 Å². The highest BCUT2D eigenvalue weighted by atomic mass is 15.2. The maximum absolute atomic E-state index is 4.27. The normalized spacial score (nSPS) is 11.9. The summed E-state index contributed by atoms with van der Waals surface area (Å²) in [4.78, 5) is 0. The van der Waals surface area contributed by atoms with E-state index in [1.54, 1.807) is 0 Å². The number of anilines is 1. The summed E-state index contributed by atoms with van der Waals surface area (Å²) in [7, 11) is 0. The highest BCUT2D eigenvalue weighted by molar-refractivity contribution is 5.32. The first kappa shape index (κ1) is 17.9. The highest BCUT2D eigenvalue weighted by Gasteiger charge is 2.17. The number of nitrogens with one attached hydrogen (secondary N) is 2. The van der Waals surface area contributed by atoms with Gasteiger partial charge in [0.2, 0.25) is 0 Å². The molecule has 1 heterocycles. The second-order valence-corrected chi connectivity index (χ2v) is 6.97. The Balaban J connectivity index is 2.43. The van der Waals surface area contributed by atoms with Crippen molar-refractivity contribution in [2.24, 2.45) is 23.7 Å². The summed E-state index contributed by atoms with van der Waals surface area (Å²) >= 11 is 0. The molecule has 4 heteroatoms. The van der Waals surface area contributed by atoms with Crippen LogP contribution in [0.15, 0.2) is 12.1 Å². The van der Waals surface area contributed by atoms with Crippen LogP contribution in [0.5, 0.6) is 0 Å². The van der Waals surface area contributed by atoms with Crippen LogP contribution in [0.3, 0.4) is 0 Å². The first-order chi connectivity index (χ1) is 9.90. The smallest absolute Gasteiger partial charge is 0.148 e. The lowest BCUT2D eigenvalue weighted by Gasteiger charge is -2.25. The molecular formula is C17H32N4. The van der Waals surface area contributed by atoms with Crippen molar-refractivity contribution in [2.45, 2.75) is 48.1 Å². The summed E-state index contributed by atoms with van der Waals surface area (Å²) in [6.45, 7) is 16.3. The third-order valence-electron chi connectivity index (χ3n) is 3.81. The Morgan fingerprint density at radius 2 is 1.57 bits per heavy atom. The van der Waals surface area contributed by atoms with Crippen molar-refractivity contribution in [1.29, 1.82) is 0 Å². The SMILES string of the molecule is CC(C)CNCc1ccc(NCC(C(C)C)C(C)C)nn1. The van der Waals surface area contributed by atoms with E-state index in [0.717, 1.165) is 31.1 Å². The standard InChI is InChI=1S/C17H32N4/c1-12(2)9-18-10-15-7-8-17(21-20-15)19-11-16(13(3)4)14(5)6/h7-8,12-14,16,18H,9-11H2,1-6H3,(H,19,21). The van der Waals surface area contributed by atoms with Crippen molar-refractivity contribution >= 4 is 5.82 Å². The summed E-state index contributed by atoms with van der Waals surface area (Å²) in [5.41, 5.74) is 0.991. The van der Waals surface area contributed by atoms with E-state index in [0.29, 0.717) is 23.7 Å². The van der Waals surface area contributed by atoms with Crippen molar-refractivity contribution in [3.63, 3.8) is 0 Å². The molecule has 0 saturated heterocycles. The molecular weight excluding hydrogens is 260 g/mol. The molecule has 0 radical (unpaired) electrons. The van der Waals surface area contributed by atoms with Gasteiger partial charge < -0.3 is 10.6 Å². The van der Waals surface area contributed by atoms with Crippen LogP contribution in [0, 0.1) is 23.7 Å². The molecule has 4 nitrogen and oxygen atoms in total. The van der Waals surface area contributed by atoms with Crippen LogP contribution in [0.4, 0.5) is 5.82 Å². The van der Waals surface area contributed by atoms with Crippen LogP contribution in [0.2, 0.25) is 0 Å². The van der Waals surface area contributed by atoms with E-state index in [1.165, 1.54) is 0 Å². The molecule has 0 aliphatic carbocycles. The zero-order chi connectivity index (χ0) is 15.8. The molecule has 2 N–H and O–H groups in total. The quantitative estimate of drug-likeness (QED) is 0.730. The molecule has 0 spiro atoms. The van der Waals surface area contributed by atoms with Gasteiger partial charge in [0.15, 0.2) is 0 Å². The Hall–Kier alpha value is -1.16. The average molecular weight is 292 g/mol. The van der Waals surface area contributed by atoms with E-state index in [9.17, 15) is 0 Å². The van der Waals surface area contributed by atoms with Gasteiger partial charge in [-0.2, -0.15) is 5.10 Å². The summed E-state index contributed by atoms with van der Waals surface area (Å²) in [5.74, 6) is 3.52. The largest absolute Gasteiger partial charge is 0.368 e. The molecule has 0 aliphatic heterocycles. The fourth-order valence-corrected chi connectivity index (χ4v) is 2.50. The predicted molar refractivity (Wildman–Crippen MR) is 90.2 cm³/mol. The van der Waals surface area contributed by atoms with Crippen LogP contribution in [-0.2, 0) is 6.54 Å². The van der Waals surface area contributed by atoms with E-state index in [-0.39, 0.29) is 0 Å². The minimum atomic E-state index is 0.652. The van der Waals surface area contributed by atoms with Gasteiger partial charge in [0, 0.05) is 13.1 Å². The summed E-state index contributed by atoms with van der Waals surface area (Å²) in [6, 6.07) is 4.07. The molecule has 0 aromatic carbocycles. The molecule has 0 bridgehead atoms. The first-order valence-corrected chi connectivity index (χ1v) is 8.17. The Bertz CT molecular complexity index is 376. The van der Waals surface area contributed by atoms with Gasteiger partial charge in [0.05, 0.1) is 5.69 Å². The Morgan fingerprint density at radius 1 is 0.905 bits per heavy atom. The van der Waals surface area contributed by atoms with E-state index in [1.807, 2.05) is 12.1 Å². The maximum Gasteiger partial charge on any atom is 0.148 e. The second kappa shape index (κ2) is 8.98. The van der Waals surface area contributed by atoms with E-state index in [2.05, 4.69) is 62.4 Å². The topological polar surface area (TPSA) is 49.8 Å². The summed E-state index contributed by atoms with van der Waals surface area (Å²) < 4.78 is 0. The lowest BCUT2D eigenvalue weighted by molar-refractivity contribution is 0.304. The van der Waals surface area contributed by atoms with Gasteiger partial charge in [-0.05, 0) is 42.3 Å². The minimum absolute atomic E-state index is 0.652. The van der Waals surface area contributed by atoms with Gasteiger partial charge >= 0.3 is 0 Å². The molecule has 0 saturated carbocycles. The number of rotatable bonds is 9. The fraction of sp³-hybridized carbons (Fsp3) is 0.765. The number of hydrogen-bond donors (Lipinski definition) is 2. The summed E-state index contributed by atoms with van der Waals surface area (Å²) in [6.07, 6.45) is 0. The number of aromatic nitrogens is 2. The van der Waals surface area contributed by atoms with Crippen molar-refractivity contribution in [3.8, 4) is 0 Å². The van der Waals surface area contributed by atoms with Gasteiger partial charge in [-0.15, -0.1) is 5.10 Å². The van der Waals surface area contributed by atoms with Gasteiger partial charge in [0.25, 0.3) is 0 Å². The lowest BCUT2D eigenvalue weighted by Crippen LogP contribution is -2.25. The monoisotopic (exact) mass is 292 g/mol. The third-order valence-corrected chi connectivity index (χ3v) is 3.81. The van der Waals surface area contributed by atoms with Crippen molar-refractivity contribution in [3.05, 3.63) is 17.8 Å². The maximum atomic E-state index is 4.27. The van der Waals surface area contributed by atoms with Crippen LogP contribution in [0.25, 0.3) is 0 Å². The molecule has 21 heavy (non-hydrogen) atoms. The van der Waals surface area contributed by atoms with Gasteiger partial charge in [-0.25, -0.2) is 0 Å². The molecule has 0 fully saturated rings. The Kier molecular flexibility index (Phi) is 7.65. The predicted octanol–water partition coefficient (Wildman–Crippen LogP) is 3.56. The third kappa shape index (κ3) is 6.89. The van der Waals surface area contributed by atoms with Crippen LogP contribution < -0.4 is 10.6 Å². The molecule has 1 aromatic rings. The van der Waals surface area contributed by atoms with E-state index < -0.39 is 0 Å². The van der Waals surface area contributed by atoms with Gasteiger partial charge in [-0.3, -0.25) is 0 Å². The summed E-state index contributed by atoms with van der Waals surface area (Å²) in [5, 5.41) is 15.3. The molecule has 120 valence electrons. The zero-order valence-electron chi connectivity index (χ0n) is 14.5. The second-order valence-electron chi connectivity index (χ2n) is 6.97. The lowest BCUT2D eigenvalue weighted by atomic mass is 9.85. The average Bonchev–Trinajstić information content (AvgIpc) is 2.39. The molecule has 1 rings (SSSR count). The fourth-order valence-electron chi connectivity index (χ4n) is 2.50. The van der Waals surface area contributed by atoms with Crippen molar-refractivity contribution in [1.82, 2.24) is 15.5 Å².